The smallest absolute Gasteiger partial charge is 0.183 e. The van der Waals surface area contributed by atoms with E-state index in [4.69, 9.17) is 4.74 Å². The Morgan fingerprint density at radius 3 is 2.83 bits per heavy atom. The second-order valence-electron chi connectivity index (χ2n) is 5.06. The van der Waals surface area contributed by atoms with Crippen LogP contribution in [0.15, 0.2) is 54.2 Å². The summed E-state index contributed by atoms with van der Waals surface area (Å²) in [5.74, 6) is 2.27. The number of para-hydroxylation sites is 1. The molecular formula is C17H15N5OS. The highest BCUT2D eigenvalue weighted by Gasteiger charge is 2.11. The minimum atomic E-state index is 0.540. The second kappa shape index (κ2) is 6.67. The zero-order chi connectivity index (χ0) is 16.2. The Morgan fingerprint density at radius 2 is 2.00 bits per heavy atom. The lowest BCUT2D eigenvalue weighted by Crippen LogP contribution is -2.13. The number of fused-ring (bicyclic) bond motifs is 1. The third kappa shape index (κ3) is 3.07. The van der Waals surface area contributed by atoms with Gasteiger partial charge in [0.2, 0.25) is 0 Å². The molecule has 120 valence electrons. The molecule has 6 nitrogen and oxygen atoms in total. The average molecular weight is 337 g/mol. The van der Waals surface area contributed by atoms with Crippen molar-refractivity contribution in [3.63, 3.8) is 0 Å². The van der Waals surface area contributed by atoms with Crippen LogP contribution in [0.25, 0.3) is 21.9 Å². The van der Waals surface area contributed by atoms with Crippen LogP contribution in [-0.4, -0.2) is 33.1 Å². The molecule has 0 saturated carbocycles. The number of anilines is 1. The lowest BCUT2D eigenvalue weighted by atomic mass is 10.3. The monoisotopic (exact) mass is 337 g/mol. The molecular weight excluding hydrogens is 322 g/mol. The number of rotatable bonds is 6. The first-order valence-electron chi connectivity index (χ1n) is 7.57. The number of aromatic amines is 1. The van der Waals surface area contributed by atoms with Crippen molar-refractivity contribution in [1.29, 1.82) is 0 Å². The van der Waals surface area contributed by atoms with Crippen LogP contribution in [0.2, 0.25) is 0 Å². The fourth-order valence-corrected chi connectivity index (χ4v) is 2.99. The van der Waals surface area contributed by atoms with Crippen molar-refractivity contribution < 1.29 is 4.74 Å². The summed E-state index contributed by atoms with van der Waals surface area (Å²) in [5, 5.41) is 5.31. The molecule has 2 N–H and O–H groups in total. The maximum Gasteiger partial charge on any atom is 0.183 e. The van der Waals surface area contributed by atoms with Gasteiger partial charge < -0.3 is 15.0 Å². The maximum atomic E-state index is 5.69. The lowest BCUT2D eigenvalue weighted by molar-refractivity contribution is 0.333. The van der Waals surface area contributed by atoms with Crippen LogP contribution in [0.1, 0.15) is 0 Å². The van der Waals surface area contributed by atoms with E-state index in [1.165, 1.54) is 0 Å². The van der Waals surface area contributed by atoms with E-state index in [2.05, 4.69) is 25.3 Å². The molecule has 4 aromatic rings. The number of imidazole rings is 1. The van der Waals surface area contributed by atoms with E-state index in [1.807, 2.05) is 47.8 Å². The van der Waals surface area contributed by atoms with E-state index >= 15 is 0 Å². The summed E-state index contributed by atoms with van der Waals surface area (Å²) >= 11 is 1.61. The van der Waals surface area contributed by atoms with E-state index in [1.54, 1.807) is 17.7 Å². The number of benzene rings is 1. The molecule has 0 atom stereocenters. The van der Waals surface area contributed by atoms with Gasteiger partial charge in [-0.25, -0.2) is 15.0 Å². The standard InChI is InChI=1S/C17H15N5OS/c1-2-5-12(6-3-1)23-9-8-18-16-14-17(20-11-19-14)22-15(21-16)13-7-4-10-24-13/h1-7,10-11H,8-9H2,(H2,18,19,20,21,22). The van der Waals surface area contributed by atoms with Crippen molar-refractivity contribution in [3.05, 3.63) is 54.2 Å². The maximum absolute atomic E-state index is 5.69. The highest BCUT2D eigenvalue weighted by atomic mass is 32.1. The van der Waals surface area contributed by atoms with Crippen LogP contribution >= 0.6 is 11.3 Å². The van der Waals surface area contributed by atoms with Crippen molar-refractivity contribution in [2.24, 2.45) is 0 Å². The van der Waals surface area contributed by atoms with Gasteiger partial charge in [-0.3, -0.25) is 0 Å². The molecule has 0 amide bonds. The molecule has 0 aliphatic heterocycles. The van der Waals surface area contributed by atoms with Crippen molar-refractivity contribution in [3.8, 4) is 16.5 Å². The summed E-state index contributed by atoms with van der Waals surface area (Å²) < 4.78 is 5.69. The number of nitrogens with zero attached hydrogens (tertiary/aromatic N) is 3. The van der Waals surface area contributed by atoms with Crippen molar-refractivity contribution in [1.82, 2.24) is 19.9 Å². The zero-order valence-electron chi connectivity index (χ0n) is 12.8. The molecule has 3 heterocycles. The largest absolute Gasteiger partial charge is 0.492 e. The topological polar surface area (TPSA) is 75.7 Å². The van der Waals surface area contributed by atoms with Gasteiger partial charge in [-0.1, -0.05) is 24.3 Å². The van der Waals surface area contributed by atoms with Gasteiger partial charge in [0.05, 0.1) is 17.7 Å². The first-order valence-corrected chi connectivity index (χ1v) is 8.45. The number of thiophene rings is 1. The van der Waals surface area contributed by atoms with Crippen LogP contribution in [0.3, 0.4) is 0 Å². The van der Waals surface area contributed by atoms with Crippen molar-refractivity contribution in [2.75, 3.05) is 18.5 Å². The Balaban J connectivity index is 1.49. The van der Waals surface area contributed by atoms with E-state index in [9.17, 15) is 0 Å². The Morgan fingerprint density at radius 1 is 1.08 bits per heavy atom. The summed E-state index contributed by atoms with van der Waals surface area (Å²) in [6.07, 6.45) is 1.63. The number of hydrogen-bond donors (Lipinski definition) is 2. The molecule has 4 rings (SSSR count). The number of aromatic nitrogens is 4. The van der Waals surface area contributed by atoms with Gasteiger partial charge in [0.25, 0.3) is 0 Å². The van der Waals surface area contributed by atoms with Gasteiger partial charge in [-0.05, 0) is 23.6 Å². The normalized spacial score (nSPS) is 10.8. The average Bonchev–Trinajstić information content (AvgIpc) is 3.30. The summed E-state index contributed by atoms with van der Waals surface area (Å²) in [6, 6.07) is 13.7. The highest BCUT2D eigenvalue weighted by molar-refractivity contribution is 7.13. The molecule has 1 aromatic carbocycles. The summed E-state index contributed by atoms with van der Waals surface area (Å²) in [6.45, 7) is 1.17. The van der Waals surface area contributed by atoms with E-state index in [-0.39, 0.29) is 0 Å². The molecule has 0 spiro atoms. The van der Waals surface area contributed by atoms with Crippen LogP contribution in [0.4, 0.5) is 5.82 Å². The predicted molar refractivity (Wildman–Crippen MR) is 95.4 cm³/mol. The number of H-pyrrole nitrogens is 1. The summed E-state index contributed by atoms with van der Waals surface area (Å²) in [4.78, 5) is 17.5. The number of nitrogens with one attached hydrogen (secondary N) is 2. The van der Waals surface area contributed by atoms with Crippen molar-refractivity contribution in [2.45, 2.75) is 0 Å². The fourth-order valence-electron chi connectivity index (χ4n) is 2.33. The van der Waals surface area contributed by atoms with Crippen LogP contribution in [0, 0.1) is 0 Å². The highest BCUT2D eigenvalue weighted by Crippen LogP contribution is 2.25. The first-order chi connectivity index (χ1) is 11.9. The number of hydrogen-bond acceptors (Lipinski definition) is 6. The molecule has 0 fully saturated rings. The van der Waals surface area contributed by atoms with E-state index in [0.717, 1.165) is 22.0 Å². The molecule has 0 bridgehead atoms. The van der Waals surface area contributed by atoms with E-state index in [0.29, 0.717) is 24.6 Å². The Bertz CT molecular complexity index is 921. The minimum absolute atomic E-state index is 0.540. The van der Waals surface area contributed by atoms with Gasteiger partial charge in [0.1, 0.15) is 17.9 Å². The molecule has 0 saturated heterocycles. The molecule has 3 aromatic heterocycles. The van der Waals surface area contributed by atoms with Gasteiger partial charge >= 0.3 is 0 Å². The minimum Gasteiger partial charge on any atom is -0.492 e. The number of ether oxygens (including phenoxy) is 1. The Hall–Kier alpha value is -2.93. The third-order valence-electron chi connectivity index (χ3n) is 3.43. The van der Waals surface area contributed by atoms with Crippen LogP contribution in [0.5, 0.6) is 5.75 Å². The van der Waals surface area contributed by atoms with Crippen LogP contribution < -0.4 is 10.1 Å². The van der Waals surface area contributed by atoms with Gasteiger partial charge in [-0.15, -0.1) is 11.3 Å². The van der Waals surface area contributed by atoms with Gasteiger partial charge in [0, 0.05) is 0 Å². The molecule has 7 heteroatoms. The first kappa shape index (κ1) is 14.6. The molecule has 0 aliphatic rings. The third-order valence-corrected chi connectivity index (χ3v) is 4.30. The van der Waals surface area contributed by atoms with Gasteiger partial charge in [-0.2, -0.15) is 0 Å². The zero-order valence-corrected chi connectivity index (χ0v) is 13.6. The fraction of sp³-hybridized carbons (Fsp3) is 0.118. The second-order valence-corrected chi connectivity index (χ2v) is 6.01. The van der Waals surface area contributed by atoms with E-state index < -0.39 is 0 Å². The molecule has 24 heavy (non-hydrogen) atoms. The molecule has 0 radical (unpaired) electrons. The predicted octanol–water partition coefficient (Wildman–Crippen LogP) is 3.57. The lowest BCUT2D eigenvalue weighted by Gasteiger charge is -2.09. The Labute approximate surface area is 142 Å². The molecule has 0 aliphatic carbocycles. The van der Waals surface area contributed by atoms with Crippen molar-refractivity contribution >= 4 is 28.3 Å². The summed E-state index contributed by atoms with van der Waals surface area (Å²) in [7, 11) is 0. The molecule has 0 unspecified atom stereocenters. The Kier molecular flexibility index (Phi) is 4.07. The SMILES string of the molecule is c1ccc(OCCNc2nc(-c3cccs3)nc3nc[nH]c23)cc1. The quantitative estimate of drug-likeness (QED) is 0.526. The summed E-state index contributed by atoms with van der Waals surface area (Å²) in [5.41, 5.74) is 1.45. The van der Waals surface area contributed by atoms with Gasteiger partial charge in [0.15, 0.2) is 17.3 Å². The van der Waals surface area contributed by atoms with Crippen LogP contribution in [-0.2, 0) is 0 Å².